The zero-order chi connectivity index (χ0) is 39.0. The minimum absolute atomic E-state index is 0.0564. The van der Waals surface area contributed by atoms with Gasteiger partial charge in [-0.2, -0.15) is 0 Å². The number of carbonyl (C=O) groups is 3. The summed E-state index contributed by atoms with van der Waals surface area (Å²) in [6, 6.07) is 15.2. The second kappa shape index (κ2) is 15.6. The summed E-state index contributed by atoms with van der Waals surface area (Å²) in [5, 5.41) is 2.75. The van der Waals surface area contributed by atoms with Crippen molar-refractivity contribution in [2.24, 2.45) is 23.7 Å². The number of H-pyrrole nitrogens is 2. The predicted molar refractivity (Wildman–Crippen MR) is 211 cm³/mol. The second-order valence-corrected chi connectivity index (χ2v) is 16.0. The van der Waals surface area contributed by atoms with Crippen LogP contribution in [-0.4, -0.2) is 73.4 Å². The minimum Gasteiger partial charge on any atom is -0.453 e. The predicted octanol–water partition coefficient (Wildman–Crippen LogP) is 7.42. The van der Waals surface area contributed by atoms with E-state index in [1.165, 1.54) is 12.7 Å². The molecular weight excluding hydrogens is 691 g/mol. The fraction of sp³-hybridized carbons (Fsp3) is 0.432. The van der Waals surface area contributed by atoms with Crippen LogP contribution in [-0.2, 0) is 14.3 Å². The van der Waals surface area contributed by atoms with E-state index in [0.29, 0.717) is 12.5 Å². The average Bonchev–Trinajstić information content (AvgIpc) is 4.04. The molecule has 7 rings (SSSR count). The van der Waals surface area contributed by atoms with Gasteiger partial charge in [0.15, 0.2) is 0 Å². The highest BCUT2D eigenvalue weighted by Gasteiger charge is 2.51. The molecule has 4 aromatic rings. The Hall–Kier alpha value is -5.63. The highest BCUT2D eigenvalue weighted by molar-refractivity contribution is 5.87. The number of nitrogens with zero attached hydrogens (tertiary/aromatic N) is 4. The molecule has 2 bridgehead atoms. The molecule has 2 aromatic carbocycles. The van der Waals surface area contributed by atoms with E-state index in [1.54, 1.807) is 0 Å². The molecule has 11 nitrogen and oxygen atoms in total. The number of rotatable bonds is 9. The standard InChI is InChI=1S/C44H51N7O4/c1-25(2)28(6)42(52)50-24-27(5)20-37(50)40-45-22-35(47-40)31-14-10-29(11-15-31)8-9-30-12-16-32(17-13-30)36-23-46-41(48-36)39-33-18-19-34(21-33)51(39)43(53)38(26(3)4)49-44(54)55-7/h10-17,20,22-23,25-26,28,33-34,37-39H,18-19,21,24H2,1-7H3,(H,45,47)(H,46,48)(H,49,54)/t28-,33+,34-,37-,38-,39-/m0/s1. The molecule has 0 radical (unpaired) electrons. The van der Waals surface area contributed by atoms with E-state index in [1.807, 2.05) is 91.5 Å². The van der Waals surface area contributed by atoms with E-state index >= 15 is 0 Å². The third-order valence-corrected chi connectivity index (χ3v) is 11.6. The molecule has 286 valence electrons. The molecule has 1 saturated carbocycles. The molecular formula is C44H51N7O4. The van der Waals surface area contributed by atoms with Gasteiger partial charge >= 0.3 is 6.09 Å². The molecule has 2 aliphatic heterocycles. The third-order valence-electron chi connectivity index (χ3n) is 11.6. The highest BCUT2D eigenvalue weighted by atomic mass is 16.5. The van der Waals surface area contributed by atoms with Gasteiger partial charge in [-0.1, -0.05) is 82.4 Å². The first-order valence-corrected chi connectivity index (χ1v) is 19.4. The summed E-state index contributed by atoms with van der Waals surface area (Å²) in [6.45, 7) is 12.7. The second-order valence-electron chi connectivity index (χ2n) is 16.0. The summed E-state index contributed by atoms with van der Waals surface area (Å²) < 4.78 is 4.81. The number of hydrogen-bond acceptors (Lipinski definition) is 6. The van der Waals surface area contributed by atoms with Crippen molar-refractivity contribution >= 4 is 17.9 Å². The Morgan fingerprint density at radius 2 is 1.40 bits per heavy atom. The molecule has 1 aliphatic carbocycles. The molecule has 6 atom stereocenters. The van der Waals surface area contributed by atoms with Crippen LogP contribution >= 0.6 is 0 Å². The summed E-state index contributed by atoms with van der Waals surface area (Å²) in [6.07, 6.45) is 8.12. The van der Waals surface area contributed by atoms with Crippen LogP contribution in [0.2, 0.25) is 0 Å². The van der Waals surface area contributed by atoms with Gasteiger partial charge in [0, 0.05) is 29.6 Å². The number of fused-ring (bicyclic) bond motifs is 2. The largest absolute Gasteiger partial charge is 0.453 e. The molecule has 0 spiro atoms. The van der Waals surface area contributed by atoms with Gasteiger partial charge in [0.05, 0.1) is 36.9 Å². The van der Waals surface area contributed by atoms with E-state index in [4.69, 9.17) is 9.72 Å². The van der Waals surface area contributed by atoms with Crippen molar-refractivity contribution in [2.45, 2.75) is 85.0 Å². The Bertz CT molecular complexity index is 2140. The van der Waals surface area contributed by atoms with Crippen molar-refractivity contribution in [1.29, 1.82) is 0 Å². The Morgan fingerprint density at radius 1 is 0.818 bits per heavy atom. The number of likely N-dealkylation sites (tertiary alicyclic amines) is 1. The lowest BCUT2D eigenvalue weighted by molar-refractivity contribution is -0.139. The summed E-state index contributed by atoms with van der Waals surface area (Å²) in [5.74, 6) is 8.60. The average molecular weight is 742 g/mol. The zero-order valence-electron chi connectivity index (χ0n) is 32.7. The lowest BCUT2D eigenvalue weighted by atomic mass is 9.95. The van der Waals surface area contributed by atoms with Crippen molar-refractivity contribution in [1.82, 2.24) is 35.1 Å². The van der Waals surface area contributed by atoms with E-state index in [0.717, 1.165) is 64.6 Å². The van der Waals surface area contributed by atoms with Gasteiger partial charge in [-0.05, 0) is 79.3 Å². The number of imidazole rings is 2. The van der Waals surface area contributed by atoms with E-state index in [-0.39, 0.29) is 47.7 Å². The lowest BCUT2D eigenvalue weighted by Crippen LogP contribution is -2.54. The van der Waals surface area contributed by atoms with Gasteiger partial charge < -0.3 is 29.8 Å². The van der Waals surface area contributed by atoms with Crippen LogP contribution < -0.4 is 5.32 Å². The van der Waals surface area contributed by atoms with Crippen LogP contribution in [0.4, 0.5) is 4.79 Å². The van der Waals surface area contributed by atoms with Crippen LogP contribution in [0, 0.1) is 35.5 Å². The maximum Gasteiger partial charge on any atom is 0.407 e. The first-order chi connectivity index (χ1) is 26.4. The van der Waals surface area contributed by atoms with Crippen LogP contribution in [0.25, 0.3) is 22.5 Å². The summed E-state index contributed by atoms with van der Waals surface area (Å²) in [5.41, 5.74) is 6.69. The first kappa shape index (κ1) is 37.7. The number of amides is 3. The number of nitrogens with one attached hydrogen (secondary N) is 3. The Morgan fingerprint density at radius 3 is 1.96 bits per heavy atom. The van der Waals surface area contributed by atoms with E-state index in [2.05, 4.69) is 59.0 Å². The van der Waals surface area contributed by atoms with Crippen LogP contribution in [0.5, 0.6) is 0 Å². The SMILES string of the molecule is COC(=O)N[C@H](C(=O)N1[C@H]2CC[C@H](C2)[C@H]1c1ncc(-c2ccc(C#Cc3ccc(-c4cnc([C@@H]5C=C(C)CN5C(=O)[C@@H](C)C(C)C)[nH]4)cc3)cc2)[nH]1)C(C)C. The molecule has 2 aromatic heterocycles. The van der Waals surface area contributed by atoms with Gasteiger partial charge in [0.2, 0.25) is 11.8 Å². The molecule has 2 fully saturated rings. The molecule has 3 aliphatic rings. The Labute approximate surface area is 323 Å². The number of aromatic amines is 2. The monoisotopic (exact) mass is 741 g/mol. The fourth-order valence-electron chi connectivity index (χ4n) is 8.16. The number of piperidine rings is 1. The maximum absolute atomic E-state index is 13.9. The fourth-order valence-corrected chi connectivity index (χ4v) is 8.16. The number of benzene rings is 2. The number of aromatic nitrogens is 4. The third kappa shape index (κ3) is 7.68. The van der Waals surface area contributed by atoms with Gasteiger partial charge in [-0.25, -0.2) is 14.8 Å². The molecule has 3 amide bonds. The number of methoxy groups -OCH3 is 1. The van der Waals surface area contributed by atoms with Gasteiger partial charge in [-0.3, -0.25) is 9.59 Å². The maximum atomic E-state index is 13.9. The molecule has 1 saturated heterocycles. The number of carbonyl (C=O) groups excluding carboxylic acids is 3. The molecule has 55 heavy (non-hydrogen) atoms. The molecule has 11 heteroatoms. The normalized spacial score (nSPS) is 21.4. The Kier molecular flexibility index (Phi) is 10.7. The van der Waals surface area contributed by atoms with E-state index in [9.17, 15) is 14.4 Å². The van der Waals surface area contributed by atoms with Crippen LogP contribution in [0.15, 0.2) is 72.6 Å². The van der Waals surface area contributed by atoms with E-state index < -0.39 is 12.1 Å². The lowest BCUT2D eigenvalue weighted by Gasteiger charge is -2.37. The van der Waals surface area contributed by atoms with Crippen LogP contribution in [0.1, 0.15) is 95.7 Å². The van der Waals surface area contributed by atoms with Crippen molar-refractivity contribution < 1.29 is 19.1 Å². The smallest absolute Gasteiger partial charge is 0.407 e. The minimum atomic E-state index is -0.673. The van der Waals surface area contributed by atoms with Gasteiger partial charge in [0.1, 0.15) is 23.7 Å². The van der Waals surface area contributed by atoms with Crippen molar-refractivity contribution in [3.63, 3.8) is 0 Å². The van der Waals surface area contributed by atoms with Gasteiger partial charge in [0.25, 0.3) is 0 Å². The zero-order valence-corrected chi connectivity index (χ0v) is 32.7. The molecule has 0 unspecified atom stereocenters. The number of hydrogen-bond donors (Lipinski definition) is 3. The highest BCUT2D eigenvalue weighted by Crippen LogP contribution is 2.50. The quantitative estimate of drug-likeness (QED) is 0.121. The summed E-state index contributed by atoms with van der Waals surface area (Å²) in [4.78, 5) is 59.5. The summed E-state index contributed by atoms with van der Waals surface area (Å²) >= 11 is 0. The van der Waals surface area contributed by atoms with Gasteiger partial charge in [-0.15, -0.1) is 0 Å². The van der Waals surface area contributed by atoms with Crippen molar-refractivity contribution in [2.75, 3.05) is 13.7 Å². The van der Waals surface area contributed by atoms with Crippen LogP contribution in [0.3, 0.4) is 0 Å². The number of alkyl carbamates (subject to hydrolysis) is 1. The molecule has 4 heterocycles. The summed E-state index contributed by atoms with van der Waals surface area (Å²) in [7, 11) is 1.31. The number of ether oxygens (including phenoxy) is 1. The molecule has 3 N–H and O–H groups in total. The Balaban J connectivity index is 1.01. The van der Waals surface area contributed by atoms with Crippen molar-refractivity contribution in [3.8, 4) is 34.4 Å². The topological polar surface area (TPSA) is 136 Å². The first-order valence-electron chi connectivity index (χ1n) is 19.4. The van der Waals surface area contributed by atoms with Crippen molar-refractivity contribution in [3.05, 3.63) is 95.3 Å².